The molecule has 4 atom stereocenters. The Hall–Kier alpha value is -5.29. The van der Waals surface area contributed by atoms with Gasteiger partial charge in [-0.3, -0.25) is 19.2 Å². The van der Waals surface area contributed by atoms with Gasteiger partial charge < -0.3 is 30.7 Å². The maximum absolute atomic E-state index is 14.1. The lowest BCUT2D eigenvalue weighted by Gasteiger charge is -2.63. The maximum atomic E-state index is 14.1. The van der Waals surface area contributed by atoms with Crippen molar-refractivity contribution in [2.24, 2.45) is 16.2 Å². The van der Waals surface area contributed by atoms with Crippen molar-refractivity contribution in [1.82, 2.24) is 25.8 Å². The molecule has 0 bridgehead atoms. The van der Waals surface area contributed by atoms with Gasteiger partial charge >= 0.3 is 0 Å². The molecule has 3 aromatic carbocycles. The van der Waals surface area contributed by atoms with Crippen molar-refractivity contribution in [2.45, 2.75) is 150 Å². The van der Waals surface area contributed by atoms with Crippen LogP contribution in [0.4, 0.5) is 0 Å². The highest BCUT2D eigenvalue weighted by Gasteiger charge is 2.64. The summed E-state index contributed by atoms with van der Waals surface area (Å²) in [5, 5.41) is 29.5. The summed E-state index contributed by atoms with van der Waals surface area (Å²) in [5.74, 6) is -0.472. The number of rotatable bonds is 18. The van der Waals surface area contributed by atoms with Gasteiger partial charge in [0.2, 0.25) is 17.7 Å². The van der Waals surface area contributed by atoms with Crippen molar-refractivity contribution in [3.05, 3.63) is 105 Å². The highest BCUT2D eigenvalue weighted by atomic mass is 35.5. The summed E-state index contributed by atoms with van der Waals surface area (Å²) in [6.07, 6.45) is 4.72. The van der Waals surface area contributed by atoms with Gasteiger partial charge in [-0.25, -0.2) is 4.98 Å². The van der Waals surface area contributed by atoms with E-state index in [1.165, 1.54) is 4.90 Å². The predicted octanol–water partition coefficient (Wildman–Crippen LogP) is 9.51. The van der Waals surface area contributed by atoms with Crippen LogP contribution in [0.1, 0.15) is 139 Å². The topological polar surface area (TPSA) is 174 Å². The molecule has 1 saturated heterocycles. The van der Waals surface area contributed by atoms with Gasteiger partial charge in [0.15, 0.2) is 0 Å². The largest absolute Gasteiger partial charge is 0.489 e. The van der Waals surface area contributed by atoms with Crippen molar-refractivity contribution in [3.63, 3.8) is 0 Å². The summed E-state index contributed by atoms with van der Waals surface area (Å²) in [6.45, 7) is 17.9. The van der Waals surface area contributed by atoms with Crippen LogP contribution in [0.25, 0.3) is 10.4 Å². The second-order valence-corrected chi connectivity index (χ2v) is 21.9. The van der Waals surface area contributed by atoms with Gasteiger partial charge in [0.1, 0.15) is 30.0 Å². The fraction of sp³-hybridized carbons (Fsp3) is 0.509. The predicted molar refractivity (Wildman–Crippen MR) is 264 cm³/mol. The Kier molecular flexibility index (Phi) is 16.3. The standard InChI is InChI=1S/C53H67ClN6O6S/c1-32(35-21-23-36(24-22-35)44-33(2)56-31-67-44)57-47(64)42-27-39(61)30-60(42)48(65)45(51(3,4)5)58-43(62)16-14-12-10-11-13-15-34-17-19-37(20-18-34)46(63)59-49-52(6,7)50(53(49,8)9)66-40-26-25-38(29-55)41(54)28-40/h17-26,28,31-32,39,42,45,49-50,61H,10-16,27,30H2,1-9H3,(H,57,64)(H,58,62)(H,59,63)/t32-,39+,42-,45+,49-,50-/m0/s1. The molecule has 0 spiro atoms. The van der Waals surface area contributed by atoms with E-state index in [2.05, 4.69) is 54.7 Å². The zero-order chi connectivity index (χ0) is 48.8. The van der Waals surface area contributed by atoms with Crippen LogP contribution in [0.3, 0.4) is 0 Å². The molecule has 2 heterocycles. The number of ether oxygens (including phenoxy) is 1. The van der Waals surface area contributed by atoms with E-state index in [9.17, 15) is 29.5 Å². The number of hydrogen-bond acceptors (Lipinski definition) is 9. The van der Waals surface area contributed by atoms with Crippen molar-refractivity contribution in [2.75, 3.05) is 6.54 Å². The van der Waals surface area contributed by atoms with Gasteiger partial charge in [-0.2, -0.15) is 5.26 Å². The number of benzene rings is 3. The van der Waals surface area contributed by atoms with E-state index in [4.69, 9.17) is 16.3 Å². The van der Waals surface area contributed by atoms with Crippen molar-refractivity contribution < 1.29 is 29.0 Å². The fourth-order valence-corrected chi connectivity index (χ4v) is 11.1. The first-order valence-electron chi connectivity index (χ1n) is 23.5. The van der Waals surface area contributed by atoms with Crippen LogP contribution in [0.2, 0.25) is 5.02 Å². The molecular formula is C53H67ClN6O6S. The van der Waals surface area contributed by atoms with E-state index in [0.29, 0.717) is 28.3 Å². The molecular weight excluding hydrogens is 884 g/mol. The highest BCUT2D eigenvalue weighted by molar-refractivity contribution is 7.13. The molecule has 0 unspecified atom stereocenters. The molecule has 1 aliphatic carbocycles. The average molecular weight is 952 g/mol. The fourth-order valence-electron chi connectivity index (χ4n) is 10.0. The Morgan fingerprint density at radius 2 is 1.61 bits per heavy atom. The van der Waals surface area contributed by atoms with E-state index in [0.717, 1.165) is 59.4 Å². The number of nitrogens with zero attached hydrogens (tertiary/aromatic N) is 3. The average Bonchev–Trinajstić information content (AvgIpc) is 3.90. The molecule has 0 radical (unpaired) electrons. The van der Waals surface area contributed by atoms with Crippen LogP contribution in [0.15, 0.2) is 72.2 Å². The molecule has 4 N–H and O–H groups in total. The van der Waals surface area contributed by atoms with E-state index in [-0.39, 0.29) is 72.0 Å². The number of halogens is 1. The van der Waals surface area contributed by atoms with E-state index in [1.807, 2.05) is 88.7 Å². The number of thiazole rings is 1. The van der Waals surface area contributed by atoms with Crippen LogP contribution >= 0.6 is 22.9 Å². The van der Waals surface area contributed by atoms with E-state index >= 15 is 0 Å². The smallest absolute Gasteiger partial charge is 0.251 e. The lowest BCUT2D eigenvalue weighted by atomic mass is 9.49. The van der Waals surface area contributed by atoms with Crippen molar-refractivity contribution in [3.8, 4) is 22.3 Å². The Labute approximate surface area is 405 Å². The second-order valence-electron chi connectivity index (χ2n) is 20.6. The van der Waals surface area contributed by atoms with Crippen LogP contribution in [0, 0.1) is 34.5 Å². The Morgan fingerprint density at radius 3 is 2.22 bits per heavy atom. The number of carbonyl (C=O) groups excluding carboxylic acids is 4. The van der Waals surface area contributed by atoms with E-state index < -0.39 is 23.6 Å². The number of aliphatic hydroxyl groups excluding tert-OH is 1. The molecule has 4 amide bonds. The number of aliphatic hydroxyl groups is 1. The zero-order valence-electron chi connectivity index (χ0n) is 40.4. The molecule has 1 saturated carbocycles. The summed E-state index contributed by atoms with van der Waals surface area (Å²) in [6, 6.07) is 20.7. The van der Waals surface area contributed by atoms with Crippen LogP contribution in [0.5, 0.6) is 5.75 Å². The number of nitriles is 1. The summed E-state index contributed by atoms with van der Waals surface area (Å²) in [5.41, 5.74) is 5.55. The second kappa shape index (κ2) is 21.3. The van der Waals surface area contributed by atoms with Gasteiger partial charge in [-0.15, -0.1) is 11.3 Å². The van der Waals surface area contributed by atoms with Gasteiger partial charge in [0.25, 0.3) is 5.91 Å². The molecule has 67 heavy (non-hydrogen) atoms. The normalized spacial score (nSPS) is 20.5. The number of nitrogens with one attached hydrogen (secondary N) is 3. The summed E-state index contributed by atoms with van der Waals surface area (Å²) in [7, 11) is 0. The van der Waals surface area contributed by atoms with Crippen LogP contribution in [-0.2, 0) is 20.8 Å². The number of likely N-dealkylation sites (tertiary alicyclic amines) is 1. The first-order valence-corrected chi connectivity index (χ1v) is 24.7. The lowest BCUT2D eigenvalue weighted by molar-refractivity contribution is -0.164. The summed E-state index contributed by atoms with van der Waals surface area (Å²) >= 11 is 7.83. The minimum Gasteiger partial charge on any atom is -0.489 e. The first kappa shape index (κ1) is 51.1. The molecule has 6 rings (SSSR count). The third kappa shape index (κ3) is 12.1. The Bertz CT molecular complexity index is 2420. The molecule has 12 nitrogen and oxygen atoms in total. The highest BCUT2D eigenvalue weighted by Crippen LogP contribution is 2.55. The Balaban J connectivity index is 0.906. The monoisotopic (exact) mass is 950 g/mol. The van der Waals surface area contributed by atoms with Gasteiger partial charge in [0, 0.05) is 47.9 Å². The number of aryl methyl sites for hydroxylation is 2. The molecule has 2 fully saturated rings. The SMILES string of the molecule is Cc1ncsc1-c1ccc([C@H](C)NC(=O)[C@@H]2C[C@@H](O)CN2C(=O)[C@@H](NC(=O)CCCCCCCc2ccc(C(=O)N[C@H]3C(C)(C)[C@H](Oc4ccc(C#N)c(Cl)c4)C3(C)C)cc2)C(C)(C)C)cc1. The minimum atomic E-state index is -0.872. The molecule has 14 heteroatoms. The summed E-state index contributed by atoms with van der Waals surface area (Å²) in [4.78, 5) is 61.3. The Morgan fingerprint density at radius 1 is 0.955 bits per heavy atom. The molecule has 1 aromatic heterocycles. The molecule has 1 aliphatic heterocycles. The van der Waals surface area contributed by atoms with Crippen LogP contribution < -0.4 is 20.7 Å². The van der Waals surface area contributed by atoms with Crippen LogP contribution in [-0.4, -0.2) is 75.5 Å². The first-order chi connectivity index (χ1) is 31.6. The van der Waals surface area contributed by atoms with E-state index in [1.54, 1.807) is 29.5 Å². The molecule has 4 aromatic rings. The van der Waals surface area contributed by atoms with Crippen molar-refractivity contribution in [1.29, 1.82) is 5.26 Å². The molecule has 358 valence electrons. The number of unbranched alkanes of at least 4 members (excludes halogenated alkanes) is 4. The van der Waals surface area contributed by atoms with Crippen molar-refractivity contribution >= 4 is 46.6 Å². The number of hydrogen-bond donors (Lipinski definition) is 4. The third-order valence-corrected chi connectivity index (χ3v) is 14.9. The number of amides is 4. The van der Waals surface area contributed by atoms with Gasteiger partial charge in [-0.05, 0) is 79.5 Å². The maximum Gasteiger partial charge on any atom is 0.251 e. The molecule has 2 aliphatic rings. The number of aromatic nitrogens is 1. The summed E-state index contributed by atoms with van der Waals surface area (Å²) < 4.78 is 6.37. The third-order valence-electron chi connectivity index (χ3n) is 13.6. The number of carbonyl (C=O) groups is 4. The quantitative estimate of drug-likeness (QED) is 0.0714. The number of β-amino-alcohol motifs (C(OH)–C–C–N with tert-alkyl or cyclic N) is 1. The van der Waals surface area contributed by atoms with Gasteiger partial charge in [0.05, 0.1) is 38.8 Å². The lowest BCUT2D eigenvalue weighted by Crippen LogP contribution is -2.74. The minimum absolute atomic E-state index is 0.0185. The zero-order valence-corrected chi connectivity index (χ0v) is 41.9. The van der Waals surface area contributed by atoms with Gasteiger partial charge in [-0.1, -0.05) is 116 Å².